The van der Waals surface area contributed by atoms with E-state index < -0.39 is 6.10 Å². The maximum atomic E-state index is 13.0. The zero-order valence-corrected chi connectivity index (χ0v) is 55.7. The third-order valence-corrected chi connectivity index (χ3v) is 16.5. The second-order valence-electron chi connectivity index (χ2n) is 24.9. The third-order valence-electron chi connectivity index (χ3n) is 16.5. The summed E-state index contributed by atoms with van der Waals surface area (Å²) in [4.78, 5) is 38.5. The topological polar surface area (TPSA) is 78.9 Å². The van der Waals surface area contributed by atoms with Crippen molar-refractivity contribution in [2.24, 2.45) is 0 Å². The highest BCUT2D eigenvalue weighted by Gasteiger charge is 2.19. The average molecular weight is 1160 g/mol. The number of rotatable bonds is 68. The van der Waals surface area contributed by atoms with Gasteiger partial charge < -0.3 is 14.2 Å². The lowest BCUT2D eigenvalue weighted by Gasteiger charge is -2.18. The number of carbonyl (C=O) groups is 3. The predicted octanol–water partition coefficient (Wildman–Crippen LogP) is 25.5. The fourth-order valence-electron chi connectivity index (χ4n) is 11.0. The highest BCUT2D eigenvalue weighted by Crippen LogP contribution is 2.18. The Bertz CT molecular complexity index is 1470. The van der Waals surface area contributed by atoms with E-state index in [-0.39, 0.29) is 31.1 Å². The van der Waals surface area contributed by atoms with Gasteiger partial charge in [0.25, 0.3) is 0 Å². The molecule has 0 aromatic heterocycles. The molecular formula is C77H140O6. The van der Waals surface area contributed by atoms with Crippen molar-refractivity contribution in [2.75, 3.05) is 13.2 Å². The van der Waals surface area contributed by atoms with E-state index in [0.717, 1.165) is 77.0 Å². The molecule has 0 aliphatic carbocycles. The Morgan fingerprint density at radius 1 is 0.241 bits per heavy atom. The number of ether oxygens (including phenoxy) is 3. The molecule has 0 saturated carbocycles. The molecule has 0 fully saturated rings. The Hall–Kier alpha value is -2.89. The lowest BCUT2D eigenvalue weighted by atomic mass is 10.0. The van der Waals surface area contributed by atoms with Crippen LogP contribution in [0.3, 0.4) is 0 Å². The van der Waals surface area contributed by atoms with E-state index >= 15 is 0 Å². The minimum absolute atomic E-state index is 0.0717. The highest BCUT2D eigenvalue weighted by molar-refractivity contribution is 5.71. The number of hydrogen-bond donors (Lipinski definition) is 0. The molecular weight excluding hydrogens is 1020 g/mol. The molecule has 6 heteroatoms. The number of carbonyl (C=O) groups excluding carboxylic acids is 3. The SMILES string of the molecule is CCCCC/C=C\C/C=C\CCCCCCCCCCCC(=O)OC(COC(=O)CCCCCCCCCCCCCC/C=C\C/C=C\C/C=C\CCCCCCC)COC(=O)CCCCCCCCCCCCCCCCCCCCC. The number of esters is 3. The van der Waals surface area contributed by atoms with Crippen molar-refractivity contribution in [3.63, 3.8) is 0 Å². The first kappa shape index (κ1) is 80.1. The van der Waals surface area contributed by atoms with Crippen molar-refractivity contribution in [3.05, 3.63) is 60.8 Å². The van der Waals surface area contributed by atoms with Crippen molar-refractivity contribution >= 4 is 17.9 Å². The van der Waals surface area contributed by atoms with E-state index in [2.05, 4.69) is 81.5 Å². The minimum atomic E-state index is -0.778. The van der Waals surface area contributed by atoms with Gasteiger partial charge in [-0.15, -0.1) is 0 Å². The van der Waals surface area contributed by atoms with E-state index in [1.807, 2.05) is 0 Å². The van der Waals surface area contributed by atoms with Gasteiger partial charge in [-0.1, -0.05) is 345 Å². The second-order valence-corrected chi connectivity index (χ2v) is 24.9. The van der Waals surface area contributed by atoms with Crippen LogP contribution in [0.2, 0.25) is 0 Å². The van der Waals surface area contributed by atoms with E-state index in [9.17, 15) is 14.4 Å². The molecule has 0 amide bonds. The average Bonchev–Trinajstić information content (AvgIpc) is 3.50. The first-order valence-corrected chi connectivity index (χ1v) is 36.8. The van der Waals surface area contributed by atoms with Gasteiger partial charge in [0.05, 0.1) is 0 Å². The zero-order valence-electron chi connectivity index (χ0n) is 55.7. The third kappa shape index (κ3) is 69.8. The normalized spacial score (nSPS) is 12.4. The van der Waals surface area contributed by atoms with Gasteiger partial charge in [0.15, 0.2) is 6.10 Å². The summed E-state index contributed by atoms with van der Waals surface area (Å²) >= 11 is 0. The molecule has 0 bridgehead atoms. The minimum Gasteiger partial charge on any atom is -0.462 e. The fraction of sp³-hybridized carbons (Fsp3) is 0.831. The number of hydrogen-bond acceptors (Lipinski definition) is 6. The standard InChI is InChI=1S/C77H140O6/c1-4-7-10-13-16-19-22-25-28-31-34-35-36-37-38-39-40-41-44-46-49-52-55-58-61-64-67-70-76(79)82-73-74(83-77(80)71-68-65-62-59-56-53-50-47-43-33-30-27-24-21-18-15-12-9-6-3)72-81-75(78)69-66-63-60-57-54-51-48-45-42-32-29-26-23-20-17-14-11-8-5-2/h18,21-22,25,27,30-31,34,36-37,74H,4-17,19-20,23-24,26,28-29,32-33,35,38-73H2,1-3H3/b21-18-,25-22-,30-27-,34-31-,37-36-. The van der Waals surface area contributed by atoms with E-state index in [1.165, 1.54) is 276 Å². The van der Waals surface area contributed by atoms with Crippen LogP contribution in [0.1, 0.15) is 393 Å². The predicted molar refractivity (Wildman–Crippen MR) is 362 cm³/mol. The Balaban J connectivity index is 4.31. The summed E-state index contributed by atoms with van der Waals surface area (Å²) in [6.45, 7) is 6.67. The molecule has 0 heterocycles. The van der Waals surface area contributed by atoms with Crippen LogP contribution in [0.25, 0.3) is 0 Å². The Morgan fingerprint density at radius 3 is 0.699 bits per heavy atom. The largest absolute Gasteiger partial charge is 0.462 e. The molecule has 0 rings (SSSR count). The highest BCUT2D eigenvalue weighted by atomic mass is 16.6. The lowest BCUT2D eigenvalue weighted by molar-refractivity contribution is -0.167. The van der Waals surface area contributed by atoms with E-state index in [1.54, 1.807) is 0 Å². The number of allylic oxidation sites excluding steroid dienone is 10. The summed E-state index contributed by atoms with van der Waals surface area (Å²) in [5.74, 6) is -0.850. The fourth-order valence-corrected chi connectivity index (χ4v) is 11.0. The van der Waals surface area contributed by atoms with Gasteiger partial charge in [0.1, 0.15) is 13.2 Å². The van der Waals surface area contributed by atoms with Crippen molar-refractivity contribution < 1.29 is 28.6 Å². The molecule has 83 heavy (non-hydrogen) atoms. The van der Waals surface area contributed by atoms with Crippen LogP contribution in [-0.4, -0.2) is 37.2 Å². The molecule has 0 saturated heterocycles. The maximum absolute atomic E-state index is 13.0. The van der Waals surface area contributed by atoms with Gasteiger partial charge >= 0.3 is 17.9 Å². The van der Waals surface area contributed by atoms with Gasteiger partial charge in [-0.25, -0.2) is 0 Å². The first-order chi connectivity index (χ1) is 41.0. The second kappa shape index (κ2) is 71.6. The summed E-state index contributed by atoms with van der Waals surface area (Å²) in [7, 11) is 0. The van der Waals surface area contributed by atoms with Crippen LogP contribution >= 0.6 is 0 Å². The molecule has 484 valence electrons. The smallest absolute Gasteiger partial charge is 0.306 e. The van der Waals surface area contributed by atoms with Crippen LogP contribution in [0.4, 0.5) is 0 Å². The van der Waals surface area contributed by atoms with E-state index in [0.29, 0.717) is 19.3 Å². The number of unbranched alkanes of at least 4 members (excludes halogenated alkanes) is 47. The molecule has 0 spiro atoms. The molecule has 6 nitrogen and oxygen atoms in total. The van der Waals surface area contributed by atoms with Crippen LogP contribution < -0.4 is 0 Å². The molecule has 0 N–H and O–H groups in total. The monoisotopic (exact) mass is 1160 g/mol. The van der Waals surface area contributed by atoms with Crippen LogP contribution in [0.5, 0.6) is 0 Å². The zero-order chi connectivity index (χ0) is 59.9. The van der Waals surface area contributed by atoms with Crippen molar-refractivity contribution in [1.82, 2.24) is 0 Å². The van der Waals surface area contributed by atoms with E-state index in [4.69, 9.17) is 14.2 Å². The summed E-state index contributed by atoms with van der Waals surface area (Å²) in [5.41, 5.74) is 0. The quantitative estimate of drug-likeness (QED) is 0.0261. The molecule has 0 radical (unpaired) electrons. The summed E-state index contributed by atoms with van der Waals surface area (Å²) < 4.78 is 17.0. The van der Waals surface area contributed by atoms with Crippen molar-refractivity contribution in [3.8, 4) is 0 Å². The lowest BCUT2D eigenvalue weighted by Crippen LogP contribution is -2.30. The van der Waals surface area contributed by atoms with Crippen LogP contribution in [0.15, 0.2) is 60.8 Å². The van der Waals surface area contributed by atoms with Crippen LogP contribution in [-0.2, 0) is 28.6 Å². The van der Waals surface area contributed by atoms with Crippen LogP contribution in [0, 0.1) is 0 Å². The van der Waals surface area contributed by atoms with Crippen molar-refractivity contribution in [1.29, 1.82) is 0 Å². The summed E-state index contributed by atoms with van der Waals surface area (Å²) in [6.07, 6.45) is 92.4. The van der Waals surface area contributed by atoms with Gasteiger partial charge in [-0.05, 0) is 89.9 Å². The molecule has 0 aliphatic heterocycles. The molecule has 1 atom stereocenters. The first-order valence-electron chi connectivity index (χ1n) is 36.8. The Morgan fingerprint density at radius 2 is 0.434 bits per heavy atom. The van der Waals surface area contributed by atoms with Crippen molar-refractivity contribution in [2.45, 2.75) is 399 Å². The maximum Gasteiger partial charge on any atom is 0.306 e. The molecule has 0 aromatic rings. The summed E-state index contributed by atoms with van der Waals surface area (Å²) in [6, 6.07) is 0. The van der Waals surface area contributed by atoms with Gasteiger partial charge in [-0.3, -0.25) is 14.4 Å². The Kier molecular flexibility index (Phi) is 69.1. The van der Waals surface area contributed by atoms with Gasteiger partial charge in [0, 0.05) is 19.3 Å². The van der Waals surface area contributed by atoms with Gasteiger partial charge in [-0.2, -0.15) is 0 Å². The molecule has 0 aromatic carbocycles. The van der Waals surface area contributed by atoms with Gasteiger partial charge in [0.2, 0.25) is 0 Å². The molecule has 0 aliphatic rings. The summed E-state index contributed by atoms with van der Waals surface area (Å²) in [5, 5.41) is 0. The Labute approximate surface area is 517 Å². The molecule has 1 unspecified atom stereocenters.